The SMILES string of the molecule is O=C1C=CC2(Oc3cccc4cccc(c34)O2)C2C=CCC(=O)C12. The van der Waals surface area contributed by atoms with Crippen LogP contribution in [0, 0.1) is 11.8 Å². The van der Waals surface area contributed by atoms with Crippen molar-refractivity contribution in [1.82, 2.24) is 0 Å². The summed E-state index contributed by atoms with van der Waals surface area (Å²) in [6, 6.07) is 11.6. The zero-order valence-corrected chi connectivity index (χ0v) is 12.8. The van der Waals surface area contributed by atoms with Crippen molar-refractivity contribution in [3.8, 4) is 11.5 Å². The van der Waals surface area contributed by atoms with E-state index >= 15 is 0 Å². The van der Waals surface area contributed by atoms with Gasteiger partial charge in [-0.3, -0.25) is 9.59 Å². The number of fused-ring (bicyclic) bond motifs is 2. The number of carbonyl (C=O) groups excluding carboxylic acids is 2. The third kappa shape index (κ3) is 1.68. The molecule has 3 aliphatic rings. The van der Waals surface area contributed by atoms with Gasteiger partial charge in [0.05, 0.1) is 17.2 Å². The van der Waals surface area contributed by atoms with Crippen molar-refractivity contribution in [1.29, 1.82) is 0 Å². The first-order valence-corrected chi connectivity index (χ1v) is 8.00. The third-order valence-corrected chi connectivity index (χ3v) is 4.99. The lowest BCUT2D eigenvalue weighted by Gasteiger charge is -2.45. The summed E-state index contributed by atoms with van der Waals surface area (Å²) in [6.45, 7) is 0. The van der Waals surface area contributed by atoms with Gasteiger partial charge < -0.3 is 9.47 Å². The first kappa shape index (κ1) is 13.5. The molecule has 2 aromatic rings. The van der Waals surface area contributed by atoms with Gasteiger partial charge in [-0.15, -0.1) is 0 Å². The highest BCUT2D eigenvalue weighted by Crippen LogP contribution is 2.48. The van der Waals surface area contributed by atoms with Crippen LogP contribution in [-0.4, -0.2) is 17.4 Å². The molecule has 0 aromatic heterocycles. The molecular weight excluding hydrogens is 304 g/mol. The van der Waals surface area contributed by atoms with Crippen molar-refractivity contribution in [3.63, 3.8) is 0 Å². The first-order valence-electron chi connectivity index (χ1n) is 8.00. The van der Waals surface area contributed by atoms with Crippen LogP contribution in [0.4, 0.5) is 0 Å². The number of Topliss-reactive ketones (excluding diaryl/α,β-unsaturated/α-hetero) is 1. The maximum Gasteiger partial charge on any atom is 0.278 e. The molecule has 0 saturated heterocycles. The smallest absolute Gasteiger partial charge is 0.278 e. The van der Waals surface area contributed by atoms with Gasteiger partial charge in [-0.2, -0.15) is 0 Å². The monoisotopic (exact) mass is 318 g/mol. The fourth-order valence-electron chi connectivity index (χ4n) is 3.90. The van der Waals surface area contributed by atoms with Crippen LogP contribution in [0.15, 0.2) is 60.7 Å². The Morgan fingerprint density at radius 3 is 2.42 bits per heavy atom. The van der Waals surface area contributed by atoms with E-state index in [1.807, 2.05) is 42.5 Å². The number of benzene rings is 2. The molecular formula is C20H14O4. The zero-order valence-electron chi connectivity index (χ0n) is 12.8. The van der Waals surface area contributed by atoms with Gasteiger partial charge in [0, 0.05) is 12.5 Å². The van der Waals surface area contributed by atoms with E-state index in [1.54, 1.807) is 12.2 Å². The molecule has 2 atom stereocenters. The lowest BCUT2D eigenvalue weighted by Crippen LogP contribution is -2.56. The van der Waals surface area contributed by atoms with Gasteiger partial charge in [-0.1, -0.05) is 36.4 Å². The van der Waals surface area contributed by atoms with Gasteiger partial charge in [-0.05, 0) is 23.6 Å². The molecule has 1 heterocycles. The molecule has 2 aromatic carbocycles. The zero-order chi connectivity index (χ0) is 16.3. The van der Waals surface area contributed by atoms with Crippen LogP contribution in [0.25, 0.3) is 10.8 Å². The first-order chi connectivity index (χ1) is 11.7. The van der Waals surface area contributed by atoms with Crippen molar-refractivity contribution >= 4 is 22.3 Å². The predicted molar refractivity (Wildman–Crippen MR) is 87.8 cm³/mol. The van der Waals surface area contributed by atoms with Crippen molar-refractivity contribution in [3.05, 3.63) is 60.7 Å². The second-order valence-corrected chi connectivity index (χ2v) is 6.37. The lowest BCUT2D eigenvalue weighted by molar-refractivity contribution is -0.154. The molecule has 0 fully saturated rings. The summed E-state index contributed by atoms with van der Waals surface area (Å²) in [5.41, 5.74) is 0. The summed E-state index contributed by atoms with van der Waals surface area (Å²) >= 11 is 0. The Morgan fingerprint density at radius 2 is 1.71 bits per heavy atom. The summed E-state index contributed by atoms with van der Waals surface area (Å²) in [6.07, 6.45) is 7.02. The average Bonchev–Trinajstić information content (AvgIpc) is 2.59. The summed E-state index contributed by atoms with van der Waals surface area (Å²) in [7, 11) is 0. The minimum atomic E-state index is -1.16. The van der Waals surface area contributed by atoms with Crippen LogP contribution < -0.4 is 9.47 Å². The largest absolute Gasteiger partial charge is 0.447 e. The van der Waals surface area contributed by atoms with E-state index in [1.165, 1.54) is 6.08 Å². The predicted octanol–water partition coefficient (Wildman–Crippen LogP) is 3.21. The highest BCUT2D eigenvalue weighted by Gasteiger charge is 2.54. The van der Waals surface area contributed by atoms with Crippen LogP contribution in [0.3, 0.4) is 0 Å². The molecule has 2 unspecified atom stereocenters. The minimum absolute atomic E-state index is 0.0829. The highest BCUT2D eigenvalue weighted by molar-refractivity contribution is 6.10. The Bertz CT molecular complexity index is 913. The summed E-state index contributed by atoms with van der Waals surface area (Å²) in [5, 5.41) is 1.95. The van der Waals surface area contributed by atoms with E-state index in [0.717, 1.165) is 10.8 Å². The van der Waals surface area contributed by atoms with E-state index in [4.69, 9.17) is 9.47 Å². The Kier molecular flexibility index (Phi) is 2.58. The maximum atomic E-state index is 12.3. The van der Waals surface area contributed by atoms with Crippen LogP contribution in [-0.2, 0) is 9.59 Å². The number of ether oxygens (including phenoxy) is 2. The van der Waals surface area contributed by atoms with Gasteiger partial charge in [0.1, 0.15) is 17.3 Å². The van der Waals surface area contributed by atoms with Gasteiger partial charge >= 0.3 is 0 Å². The maximum absolute atomic E-state index is 12.3. The van der Waals surface area contributed by atoms with Gasteiger partial charge in [-0.25, -0.2) is 0 Å². The van der Waals surface area contributed by atoms with Crippen molar-refractivity contribution in [2.24, 2.45) is 11.8 Å². The average molecular weight is 318 g/mol. The molecule has 1 spiro atoms. The Morgan fingerprint density at radius 1 is 1.00 bits per heavy atom. The molecule has 0 bridgehead atoms. The Balaban J connectivity index is 1.71. The number of rotatable bonds is 0. The highest BCUT2D eigenvalue weighted by atomic mass is 16.7. The molecule has 5 rings (SSSR count). The van der Waals surface area contributed by atoms with E-state index < -0.39 is 17.6 Å². The van der Waals surface area contributed by atoms with Gasteiger partial charge in [0.2, 0.25) is 0 Å². The minimum Gasteiger partial charge on any atom is -0.447 e. The van der Waals surface area contributed by atoms with E-state index in [2.05, 4.69) is 0 Å². The molecule has 0 amide bonds. The molecule has 0 N–H and O–H groups in total. The number of ketones is 2. The Labute approximate surface area is 138 Å². The van der Waals surface area contributed by atoms with Crippen molar-refractivity contribution in [2.45, 2.75) is 12.2 Å². The fraction of sp³-hybridized carbons (Fsp3) is 0.200. The van der Waals surface area contributed by atoms with Crippen LogP contribution in [0.2, 0.25) is 0 Å². The second-order valence-electron chi connectivity index (χ2n) is 6.37. The van der Waals surface area contributed by atoms with Crippen LogP contribution >= 0.6 is 0 Å². The molecule has 118 valence electrons. The molecule has 4 nitrogen and oxygen atoms in total. The summed E-state index contributed by atoms with van der Waals surface area (Å²) in [4.78, 5) is 24.5. The van der Waals surface area contributed by atoms with E-state index in [-0.39, 0.29) is 18.0 Å². The molecule has 4 heteroatoms. The molecule has 24 heavy (non-hydrogen) atoms. The molecule has 0 radical (unpaired) electrons. The number of hydrogen-bond donors (Lipinski definition) is 0. The Hall–Kier alpha value is -2.88. The summed E-state index contributed by atoms with van der Waals surface area (Å²) < 4.78 is 12.5. The quantitative estimate of drug-likeness (QED) is 0.553. The third-order valence-electron chi connectivity index (χ3n) is 4.99. The molecule has 2 aliphatic carbocycles. The van der Waals surface area contributed by atoms with E-state index in [9.17, 15) is 9.59 Å². The summed E-state index contributed by atoms with van der Waals surface area (Å²) in [5.74, 6) is -1.19. The van der Waals surface area contributed by atoms with Crippen molar-refractivity contribution in [2.75, 3.05) is 0 Å². The van der Waals surface area contributed by atoms with Crippen molar-refractivity contribution < 1.29 is 19.1 Å². The normalized spacial score (nSPS) is 26.2. The lowest BCUT2D eigenvalue weighted by atomic mass is 9.72. The standard InChI is InChI=1S/C20H14O4/c21-14-7-3-6-13-19(14)15(22)10-11-20(13)23-16-8-1-4-12-5-2-9-17(24-20)18(12)16/h1-6,8-11,13,19H,7H2. The fourth-order valence-corrected chi connectivity index (χ4v) is 3.90. The molecule has 0 saturated carbocycles. The number of hydrogen-bond acceptors (Lipinski definition) is 4. The number of carbonyl (C=O) groups is 2. The second kappa shape index (κ2) is 4.57. The number of allylic oxidation sites excluding steroid dienone is 2. The molecule has 1 aliphatic heterocycles. The van der Waals surface area contributed by atoms with Gasteiger partial charge in [0.15, 0.2) is 5.78 Å². The topological polar surface area (TPSA) is 52.6 Å². The van der Waals surface area contributed by atoms with Crippen LogP contribution in [0.5, 0.6) is 11.5 Å². The van der Waals surface area contributed by atoms with Gasteiger partial charge in [0.25, 0.3) is 5.79 Å². The van der Waals surface area contributed by atoms with Crippen LogP contribution in [0.1, 0.15) is 6.42 Å². The van der Waals surface area contributed by atoms with E-state index in [0.29, 0.717) is 11.5 Å².